The molecule has 0 aromatic carbocycles. The third-order valence-corrected chi connectivity index (χ3v) is 5.67. The van der Waals surface area contributed by atoms with Crippen LogP contribution < -0.4 is 31.9 Å². The second-order valence-electron chi connectivity index (χ2n) is 9.77. The molecular weight excluding hydrogens is 504 g/mol. The lowest BCUT2D eigenvalue weighted by atomic mass is 10.0. The first-order valence-electron chi connectivity index (χ1n) is 12.3. The van der Waals surface area contributed by atoms with Crippen molar-refractivity contribution in [3.05, 3.63) is 0 Å². The fraction of sp³-hybridized carbons (Fsp3) is 0.696. The van der Waals surface area contributed by atoms with Crippen LogP contribution in [-0.4, -0.2) is 94.0 Å². The van der Waals surface area contributed by atoms with E-state index in [0.717, 1.165) is 0 Å². The number of nitrogens with one attached hydrogen (secondary N) is 6. The number of aliphatic hydroxyl groups excluding tert-OH is 1. The fourth-order valence-electron chi connectivity index (χ4n) is 3.49. The van der Waals surface area contributed by atoms with Crippen molar-refractivity contribution < 1.29 is 43.8 Å². The third-order valence-electron chi connectivity index (χ3n) is 5.67. The minimum Gasteiger partial charge on any atom is -0.481 e. The Labute approximate surface area is 220 Å². The van der Waals surface area contributed by atoms with Crippen molar-refractivity contribution in [3.63, 3.8) is 0 Å². The molecule has 0 aromatic heterocycles. The molecule has 1 saturated heterocycles. The lowest BCUT2D eigenvalue weighted by Crippen LogP contribution is -2.62. The van der Waals surface area contributed by atoms with Crippen molar-refractivity contribution in [1.29, 1.82) is 0 Å². The molecule has 1 heterocycles. The Morgan fingerprint density at radius 3 is 1.47 bits per heavy atom. The molecule has 1 aliphatic heterocycles. The molecule has 1 rings (SSSR count). The zero-order valence-corrected chi connectivity index (χ0v) is 22.3. The zero-order chi connectivity index (χ0) is 29.3. The molecule has 0 aliphatic carbocycles. The van der Waals surface area contributed by atoms with Gasteiger partial charge in [-0.3, -0.25) is 33.6 Å². The highest BCUT2D eigenvalue weighted by atomic mass is 16.4. The third kappa shape index (κ3) is 9.95. The molecule has 15 heteroatoms. The Bertz CT molecular complexity index is 938. The van der Waals surface area contributed by atoms with Crippen molar-refractivity contribution in [1.82, 2.24) is 31.9 Å². The minimum absolute atomic E-state index is 0.110. The molecule has 1 fully saturated rings. The summed E-state index contributed by atoms with van der Waals surface area (Å²) in [7, 11) is 0. The summed E-state index contributed by atoms with van der Waals surface area (Å²) in [5.41, 5.74) is 0. The van der Waals surface area contributed by atoms with Gasteiger partial charge in [-0.2, -0.15) is 0 Å². The van der Waals surface area contributed by atoms with Crippen LogP contribution in [0.1, 0.15) is 54.4 Å². The molecule has 8 N–H and O–H groups in total. The predicted molar refractivity (Wildman–Crippen MR) is 132 cm³/mol. The Morgan fingerprint density at radius 1 is 0.658 bits per heavy atom. The van der Waals surface area contributed by atoms with Gasteiger partial charge in [-0.05, 0) is 40.0 Å². The maximum atomic E-state index is 13.0. The van der Waals surface area contributed by atoms with E-state index in [9.17, 15) is 43.8 Å². The molecule has 0 spiro atoms. The number of carboxylic acid groups (broad SMARTS) is 1. The number of rotatable bonds is 5. The molecule has 0 radical (unpaired) electrons. The second kappa shape index (κ2) is 14.3. The van der Waals surface area contributed by atoms with Gasteiger partial charge < -0.3 is 42.1 Å². The van der Waals surface area contributed by atoms with Crippen LogP contribution in [0.2, 0.25) is 0 Å². The molecule has 38 heavy (non-hydrogen) atoms. The number of carbonyl (C=O) groups is 7. The number of amides is 6. The van der Waals surface area contributed by atoms with E-state index < -0.39 is 90.2 Å². The van der Waals surface area contributed by atoms with Crippen molar-refractivity contribution in [2.45, 2.75) is 96.7 Å². The van der Waals surface area contributed by atoms with Crippen LogP contribution in [0.15, 0.2) is 0 Å². The normalized spacial score (nSPS) is 29.5. The monoisotopic (exact) mass is 542 g/mol. The van der Waals surface area contributed by atoms with Gasteiger partial charge in [0.2, 0.25) is 35.4 Å². The van der Waals surface area contributed by atoms with Crippen molar-refractivity contribution in [2.75, 3.05) is 0 Å². The molecule has 0 aromatic rings. The van der Waals surface area contributed by atoms with Gasteiger partial charge in [0.05, 0.1) is 12.5 Å². The topological polar surface area (TPSA) is 232 Å². The summed E-state index contributed by atoms with van der Waals surface area (Å²) in [5, 5.41) is 33.5. The summed E-state index contributed by atoms with van der Waals surface area (Å²) in [4.78, 5) is 87.9. The van der Waals surface area contributed by atoms with Crippen LogP contribution in [0.25, 0.3) is 0 Å². The van der Waals surface area contributed by atoms with Gasteiger partial charge >= 0.3 is 5.97 Å². The molecular formula is C23H38N6O9. The minimum atomic E-state index is -1.67. The summed E-state index contributed by atoms with van der Waals surface area (Å²) >= 11 is 0. The van der Waals surface area contributed by atoms with Gasteiger partial charge in [-0.15, -0.1) is 0 Å². The number of aliphatic carboxylic acids is 1. The molecule has 1 aliphatic rings. The summed E-state index contributed by atoms with van der Waals surface area (Å²) in [5.74, 6) is -6.65. The van der Waals surface area contributed by atoms with Crippen LogP contribution in [0.3, 0.4) is 0 Å². The van der Waals surface area contributed by atoms with Crippen molar-refractivity contribution >= 4 is 41.4 Å². The Balaban J connectivity index is 3.43. The SMILES string of the molecule is CC(C)C[C@@H]1NC(=O)[C@H](C)NC(=O)[C@H](C)NC(=O)[C@H](C)NC(=O)[C@@H]([C@@H](C)O)NC(=O)[C@H](CC(=O)O)NC1=O. The molecule has 6 amide bonds. The average Bonchev–Trinajstić information content (AvgIpc) is 2.79. The maximum absolute atomic E-state index is 13.0. The summed E-state index contributed by atoms with van der Waals surface area (Å²) in [6.07, 6.45) is -2.22. The van der Waals surface area contributed by atoms with E-state index in [4.69, 9.17) is 0 Å². The van der Waals surface area contributed by atoms with Gasteiger partial charge in [0, 0.05) is 0 Å². The lowest BCUT2D eigenvalue weighted by Gasteiger charge is -2.28. The van der Waals surface area contributed by atoms with Crippen LogP contribution in [-0.2, 0) is 33.6 Å². The molecule has 0 bridgehead atoms. The molecule has 214 valence electrons. The second-order valence-corrected chi connectivity index (χ2v) is 9.77. The standard InChI is InChI=1S/C23H38N6O9/c1-9(2)7-14-21(36)28-15(8-16(31)32)22(37)29-17(13(6)30)23(38)26-11(4)19(34)24-10(3)18(33)25-12(5)20(35)27-14/h9-15,17,30H,7-8H2,1-6H3,(H,24,34)(H,25,33)(H,26,38)(H,27,35)(H,28,36)(H,29,37)(H,31,32)/t10-,11-,12-,13+,14-,15-,17+/m0/s1. The number of hydrogen-bond acceptors (Lipinski definition) is 8. The largest absolute Gasteiger partial charge is 0.481 e. The van der Waals surface area contributed by atoms with Gasteiger partial charge in [0.1, 0.15) is 36.3 Å². The van der Waals surface area contributed by atoms with E-state index in [-0.39, 0.29) is 12.3 Å². The first-order valence-corrected chi connectivity index (χ1v) is 12.3. The highest BCUT2D eigenvalue weighted by Crippen LogP contribution is 2.08. The van der Waals surface area contributed by atoms with Gasteiger partial charge in [0.25, 0.3) is 0 Å². The Hall–Kier alpha value is -3.75. The average molecular weight is 543 g/mol. The van der Waals surface area contributed by atoms with E-state index >= 15 is 0 Å². The zero-order valence-electron chi connectivity index (χ0n) is 22.3. The van der Waals surface area contributed by atoms with E-state index in [1.807, 2.05) is 0 Å². The number of aliphatic hydroxyl groups is 1. The number of carbonyl (C=O) groups excluding carboxylic acids is 6. The highest BCUT2D eigenvalue weighted by molar-refractivity contribution is 5.98. The molecule has 0 saturated carbocycles. The lowest BCUT2D eigenvalue weighted by molar-refractivity contribution is -0.142. The summed E-state index contributed by atoms with van der Waals surface area (Å²) < 4.78 is 0. The Morgan fingerprint density at radius 2 is 1.05 bits per heavy atom. The first kappa shape index (κ1) is 32.3. The molecule has 15 nitrogen and oxygen atoms in total. The first-order chi connectivity index (χ1) is 17.5. The van der Waals surface area contributed by atoms with Gasteiger partial charge in [-0.25, -0.2) is 0 Å². The van der Waals surface area contributed by atoms with Gasteiger partial charge in [0.15, 0.2) is 0 Å². The summed E-state index contributed by atoms with van der Waals surface area (Å²) in [6, 6.07) is -7.91. The van der Waals surface area contributed by atoms with E-state index in [1.54, 1.807) is 13.8 Å². The summed E-state index contributed by atoms with van der Waals surface area (Å²) in [6.45, 7) is 8.76. The molecule has 0 unspecified atom stereocenters. The van der Waals surface area contributed by atoms with Gasteiger partial charge in [-0.1, -0.05) is 13.8 Å². The Kier molecular flexibility index (Phi) is 12.1. The smallest absolute Gasteiger partial charge is 0.305 e. The van der Waals surface area contributed by atoms with Crippen LogP contribution in [0.4, 0.5) is 0 Å². The maximum Gasteiger partial charge on any atom is 0.305 e. The van der Waals surface area contributed by atoms with E-state index in [1.165, 1.54) is 27.7 Å². The van der Waals surface area contributed by atoms with E-state index in [2.05, 4.69) is 31.9 Å². The quantitative estimate of drug-likeness (QED) is 0.175. The van der Waals surface area contributed by atoms with Crippen LogP contribution >= 0.6 is 0 Å². The van der Waals surface area contributed by atoms with Crippen LogP contribution in [0.5, 0.6) is 0 Å². The van der Waals surface area contributed by atoms with Crippen molar-refractivity contribution in [2.24, 2.45) is 5.92 Å². The highest BCUT2D eigenvalue weighted by Gasteiger charge is 2.35. The van der Waals surface area contributed by atoms with Crippen LogP contribution in [0, 0.1) is 5.92 Å². The number of hydrogen-bond donors (Lipinski definition) is 8. The fourth-order valence-corrected chi connectivity index (χ4v) is 3.49. The van der Waals surface area contributed by atoms with Crippen molar-refractivity contribution in [3.8, 4) is 0 Å². The van der Waals surface area contributed by atoms with E-state index in [0.29, 0.717) is 0 Å². The molecule has 7 atom stereocenters. The predicted octanol–water partition coefficient (Wildman–Crippen LogP) is -3.13. The number of carboxylic acids is 1.